The molecule has 0 aromatic rings. The van der Waals surface area contributed by atoms with E-state index in [1.54, 1.807) is 0 Å². The van der Waals surface area contributed by atoms with E-state index >= 15 is 0 Å². The van der Waals surface area contributed by atoms with E-state index in [1.165, 1.54) is 0 Å². The van der Waals surface area contributed by atoms with E-state index < -0.39 is 0 Å². The zero-order chi connectivity index (χ0) is 10.2. The minimum absolute atomic E-state index is 0. The van der Waals surface area contributed by atoms with E-state index in [0.29, 0.717) is 0 Å². The Hall–Kier alpha value is -0.170. The van der Waals surface area contributed by atoms with Crippen LogP contribution in [-0.2, 0) is 31.3 Å². The van der Waals surface area contributed by atoms with Crippen LogP contribution in [0.1, 0.15) is 6.42 Å². The molecular formula is C9H7CrLiO3. The first-order chi connectivity index (χ1) is 6.00. The third-order valence-corrected chi connectivity index (χ3v) is 0.767. The molecule has 2 radical (unpaired) electrons. The van der Waals surface area contributed by atoms with Gasteiger partial charge in [-0.05, 0) is 12.8 Å². The summed E-state index contributed by atoms with van der Waals surface area (Å²) in [4.78, 5) is 0. The van der Waals surface area contributed by atoms with Crippen molar-refractivity contribution in [3.8, 4) is 0 Å². The van der Waals surface area contributed by atoms with E-state index in [-0.39, 0.29) is 36.2 Å². The molecule has 1 aliphatic carbocycles. The van der Waals surface area contributed by atoms with Gasteiger partial charge in [0.05, 0.1) is 0 Å². The molecule has 0 aromatic carbocycles. The molecule has 1 aliphatic rings. The van der Waals surface area contributed by atoms with Crippen LogP contribution in [0.5, 0.6) is 0 Å². The Kier molecular flexibility index (Phi) is 110. The Labute approximate surface area is 107 Å². The zero-order valence-corrected chi connectivity index (χ0v) is 9.00. The van der Waals surface area contributed by atoms with Crippen molar-refractivity contribution in [2.24, 2.45) is 0 Å². The molecule has 0 fully saturated rings. The van der Waals surface area contributed by atoms with Gasteiger partial charge in [-0.1, -0.05) is 24.3 Å². The second-order valence-electron chi connectivity index (χ2n) is 1.28. The molecule has 3 nitrogen and oxygen atoms in total. The molecule has 0 aromatic heterocycles. The van der Waals surface area contributed by atoms with Gasteiger partial charge in [0.25, 0.3) is 0 Å². The van der Waals surface area contributed by atoms with Crippen LogP contribution in [-0.4, -0.2) is 18.9 Å². The van der Waals surface area contributed by atoms with E-state index in [4.69, 9.17) is 14.0 Å². The summed E-state index contributed by atoms with van der Waals surface area (Å²) in [5.41, 5.74) is 0. The van der Waals surface area contributed by atoms with Crippen LogP contribution in [0.15, 0.2) is 24.3 Å². The number of hydrogen-bond donors (Lipinski definition) is 0. The molecule has 0 saturated carbocycles. The summed E-state index contributed by atoms with van der Waals surface area (Å²) in [5, 5.41) is 0. The second-order valence-corrected chi connectivity index (χ2v) is 1.28. The standard InChI is InChI=1S/C6H7.3CO.Cr.Li/c1-2-4-6-5-3-1;3*1-2;;/h1-5H,6H2;;;;;. The zero-order valence-electron chi connectivity index (χ0n) is 7.73. The predicted octanol–water partition coefficient (Wildman–Crippen LogP) is 1.21. The van der Waals surface area contributed by atoms with Crippen LogP contribution < -0.4 is 0 Å². The van der Waals surface area contributed by atoms with E-state index in [1.807, 2.05) is 6.08 Å². The molecule has 0 N–H and O–H groups in total. The van der Waals surface area contributed by atoms with Crippen molar-refractivity contribution in [1.82, 2.24) is 0 Å². The first-order valence-corrected chi connectivity index (χ1v) is 2.76. The molecule has 68 valence electrons. The Balaban J connectivity index is -0.0000000300. The normalized spacial score (nSPS) is 8.43. The van der Waals surface area contributed by atoms with Crippen molar-refractivity contribution < 1.29 is 31.3 Å². The summed E-state index contributed by atoms with van der Waals surface area (Å²) in [7, 11) is 0. The first kappa shape index (κ1) is 29.2. The Morgan fingerprint density at radius 3 is 1.29 bits per heavy atom. The smallest absolute Gasteiger partial charge is 0 e. The molecule has 0 amide bonds. The molecule has 0 atom stereocenters. The van der Waals surface area contributed by atoms with Crippen LogP contribution in [0, 0.1) is 26.4 Å². The van der Waals surface area contributed by atoms with Crippen molar-refractivity contribution >= 4 is 18.9 Å². The molecule has 5 heteroatoms. The fourth-order valence-corrected chi connectivity index (χ4v) is 0.457. The number of rotatable bonds is 0. The van der Waals surface area contributed by atoms with Gasteiger partial charge in [0.2, 0.25) is 0 Å². The monoisotopic (exact) mass is 222 g/mol. The molecule has 1 rings (SSSR count). The predicted molar refractivity (Wildman–Crippen MR) is 44.7 cm³/mol. The van der Waals surface area contributed by atoms with Crippen LogP contribution >= 0.6 is 0 Å². The molecule has 0 spiro atoms. The minimum Gasteiger partial charge on any atom is -0.0839 e. The van der Waals surface area contributed by atoms with Gasteiger partial charge >= 0.3 is 33.9 Å². The van der Waals surface area contributed by atoms with Gasteiger partial charge in [-0.2, -0.15) is 0 Å². The van der Waals surface area contributed by atoms with Crippen LogP contribution in [0.25, 0.3) is 0 Å². The maximum atomic E-state index is 7.50. The van der Waals surface area contributed by atoms with Crippen LogP contribution in [0.2, 0.25) is 0 Å². The number of allylic oxidation sites excluding steroid dienone is 4. The molecular weight excluding hydrogens is 215 g/mol. The van der Waals surface area contributed by atoms with Gasteiger partial charge in [0.15, 0.2) is 0 Å². The third kappa shape index (κ3) is 40.8. The fraction of sp³-hybridized carbons (Fsp3) is 0.111. The molecule has 0 aliphatic heterocycles. The van der Waals surface area contributed by atoms with Crippen molar-refractivity contribution in [1.29, 1.82) is 0 Å². The van der Waals surface area contributed by atoms with Gasteiger partial charge in [0.1, 0.15) is 0 Å². The van der Waals surface area contributed by atoms with E-state index in [9.17, 15) is 0 Å². The summed E-state index contributed by atoms with van der Waals surface area (Å²) in [6.45, 7) is 13.5. The Morgan fingerprint density at radius 1 is 0.786 bits per heavy atom. The van der Waals surface area contributed by atoms with Crippen LogP contribution in [0.3, 0.4) is 0 Å². The Morgan fingerprint density at radius 2 is 1.21 bits per heavy atom. The summed E-state index contributed by atoms with van der Waals surface area (Å²) < 4.78 is 22.5. The summed E-state index contributed by atoms with van der Waals surface area (Å²) in [6, 6.07) is 0. The maximum Gasteiger partial charge on any atom is 0 e. The minimum atomic E-state index is 0. The van der Waals surface area contributed by atoms with Gasteiger partial charge in [-0.3, -0.25) is 0 Å². The van der Waals surface area contributed by atoms with Gasteiger partial charge in [0, 0.05) is 36.2 Å². The third-order valence-electron chi connectivity index (χ3n) is 0.767. The van der Waals surface area contributed by atoms with E-state index in [0.717, 1.165) is 6.42 Å². The van der Waals surface area contributed by atoms with E-state index in [2.05, 4.69) is 44.6 Å². The SMILES string of the molecule is [C-]#[O+].[C-]#[O+].[C-]#[O+].[CH]1C=CC=CC1.[Cr].[Li]. The van der Waals surface area contributed by atoms with Crippen molar-refractivity contribution in [3.05, 3.63) is 50.7 Å². The Bertz CT molecular complexity index is 156. The average molecular weight is 222 g/mol. The van der Waals surface area contributed by atoms with Gasteiger partial charge < -0.3 is 0 Å². The summed E-state index contributed by atoms with van der Waals surface area (Å²) in [6.07, 6.45) is 11.5. The van der Waals surface area contributed by atoms with Crippen molar-refractivity contribution in [2.45, 2.75) is 6.42 Å². The van der Waals surface area contributed by atoms with Gasteiger partial charge in [-0.25, -0.2) is 0 Å². The molecule has 0 saturated heterocycles. The summed E-state index contributed by atoms with van der Waals surface area (Å²) in [5.74, 6) is 0. The van der Waals surface area contributed by atoms with Crippen LogP contribution in [0.4, 0.5) is 0 Å². The maximum absolute atomic E-state index is 7.50. The quantitative estimate of drug-likeness (QED) is 0.336. The second kappa shape index (κ2) is 52.8. The van der Waals surface area contributed by atoms with Crippen molar-refractivity contribution in [3.63, 3.8) is 0 Å². The molecule has 0 heterocycles. The first-order valence-electron chi connectivity index (χ1n) is 2.76. The fourth-order valence-electron chi connectivity index (χ4n) is 0.457. The van der Waals surface area contributed by atoms with Gasteiger partial charge in [-0.15, -0.1) is 0 Å². The largest absolute Gasteiger partial charge is 0.0839 e. The van der Waals surface area contributed by atoms with Crippen molar-refractivity contribution in [2.75, 3.05) is 0 Å². The average Bonchev–Trinajstić information content (AvgIpc) is 2.29. The number of hydrogen-bond acceptors (Lipinski definition) is 0. The molecule has 0 bridgehead atoms. The summed E-state index contributed by atoms with van der Waals surface area (Å²) >= 11 is 0. The topological polar surface area (TPSA) is 59.7 Å². The molecule has 14 heavy (non-hydrogen) atoms. The molecule has 0 unspecified atom stereocenters.